The second-order valence-electron chi connectivity index (χ2n) is 3.76. The van der Waals surface area contributed by atoms with E-state index in [0.717, 1.165) is 6.07 Å². The van der Waals surface area contributed by atoms with E-state index in [4.69, 9.17) is 16.1 Å². The lowest BCUT2D eigenvalue weighted by Crippen LogP contribution is -2.08. The van der Waals surface area contributed by atoms with Gasteiger partial charge in [0.25, 0.3) is 0 Å². The van der Waals surface area contributed by atoms with Crippen molar-refractivity contribution in [3.8, 4) is 11.4 Å². The zero-order valence-corrected chi connectivity index (χ0v) is 10.3. The van der Waals surface area contributed by atoms with Crippen LogP contribution in [0.25, 0.3) is 11.4 Å². The maximum absolute atomic E-state index is 13.1. The highest BCUT2D eigenvalue weighted by atomic mass is 35.5. The van der Waals surface area contributed by atoms with E-state index in [2.05, 4.69) is 10.1 Å². The monoisotopic (exact) mass is 294 g/mol. The number of benzene rings is 1. The minimum Gasteiger partial charge on any atom is -0.337 e. The molecule has 0 saturated carbocycles. The molecule has 1 aromatic carbocycles. The first kappa shape index (κ1) is 13.8. The smallest absolute Gasteiger partial charge is 0.337 e. The highest BCUT2D eigenvalue weighted by molar-refractivity contribution is 6.20. The molecule has 0 bridgehead atoms. The van der Waals surface area contributed by atoms with E-state index in [0.29, 0.717) is 12.1 Å². The molecule has 1 unspecified atom stereocenters. The molecule has 0 fully saturated rings. The van der Waals surface area contributed by atoms with Crippen molar-refractivity contribution in [2.75, 3.05) is 0 Å². The third-order valence-corrected chi connectivity index (χ3v) is 2.50. The molecule has 1 aromatic heterocycles. The minimum absolute atomic E-state index is 0.0333. The van der Waals surface area contributed by atoms with Gasteiger partial charge in [0.2, 0.25) is 11.7 Å². The summed E-state index contributed by atoms with van der Waals surface area (Å²) in [5.41, 5.74) is -1.52. The standard InChI is InChI=1S/C11H7ClF4N2O/c1-5(12)10-17-9(18-19-10)7-4-6(13)2-3-8(7)11(14,15)16/h2-5H,1H3. The van der Waals surface area contributed by atoms with Crippen LogP contribution in [0, 0.1) is 5.82 Å². The van der Waals surface area contributed by atoms with Gasteiger partial charge in [0.15, 0.2) is 0 Å². The summed E-state index contributed by atoms with van der Waals surface area (Å²) in [7, 11) is 0. The van der Waals surface area contributed by atoms with Crippen molar-refractivity contribution in [1.82, 2.24) is 10.1 Å². The SMILES string of the molecule is CC(Cl)c1nc(-c2cc(F)ccc2C(F)(F)F)no1. The topological polar surface area (TPSA) is 38.9 Å². The van der Waals surface area contributed by atoms with Crippen molar-refractivity contribution < 1.29 is 22.1 Å². The lowest BCUT2D eigenvalue weighted by molar-refractivity contribution is -0.137. The van der Waals surface area contributed by atoms with E-state index >= 15 is 0 Å². The molecule has 1 heterocycles. The van der Waals surface area contributed by atoms with Crippen LogP contribution in [-0.4, -0.2) is 10.1 Å². The molecule has 0 spiro atoms. The Morgan fingerprint density at radius 1 is 1.32 bits per heavy atom. The van der Waals surface area contributed by atoms with Gasteiger partial charge in [0.1, 0.15) is 11.2 Å². The van der Waals surface area contributed by atoms with E-state index in [1.807, 2.05) is 0 Å². The Morgan fingerprint density at radius 2 is 2.00 bits per heavy atom. The Hall–Kier alpha value is -1.63. The summed E-state index contributed by atoms with van der Waals surface area (Å²) in [6.07, 6.45) is -4.64. The fourth-order valence-electron chi connectivity index (χ4n) is 1.45. The number of hydrogen-bond acceptors (Lipinski definition) is 3. The van der Waals surface area contributed by atoms with Crippen LogP contribution < -0.4 is 0 Å². The van der Waals surface area contributed by atoms with Crippen LogP contribution in [0.5, 0.6) is 0 Å². The summed E-state index contributed by atoms with van der Waals surface area (Å²) >= 11 is 5.67. The van der Waals surface area contributed by atoms with Crippen molar-refractivity contribution in [2.24, 2.45) is 0 Å². The maximum Gasteiger partial charge on any atom is 0.417 e. The van der Waals surface area contributed by atoms with Crippen LogP contribution in [0.1, 0.15) is 23.8 Å². The third kappa shape index (κ3) is 2.86. The van der Waals surface area contributed by atoms with E-state index in [9.17, 15) is 17.6 Å². The van der Waals surface area contributed by atoms with Crippen LogP contribution in [-0.2, 0) is 6.18 Å². The number of aromatic nitrogens is 2. The molecule has 2 rings (SSSR count). The molecule has 0 aliphatic rings. The first-order valence-corrected chi connectivity index (χ1v) is 5.57. The highest BCUT2D eigenvalue weighted by Crippen LogP contribution is 2.36. The molecule has 102 valence electrons. The molecule has 0 aliphatic heterocycles. The number of halogens is 5. The lowest BCUT2D eigenvalue weighted by Gasteiger charge is -2.10. The number of hydrogen-bond donors (Lipinski definition) is 0. The molecule has 0 saturated heterocycles. The van der Waals surface area contributed by atoms with Gasteiger partial charge in [-0.25, -0.2) is 4.39 Å². The van der Waals surface area contributed by atoms with Gasteiger partial charge < -0.3 is 4.52 Å². The Bertz CT molecular complexity index is 595. The summed E-state index contributed by atoms with van der Waals surface area (Å²) in [5.74, 6) is -1.21. The number of nitrogens with zero attached hydrogens (tertiary/aromatic N) is 2. The summed E-state index contributed by atoms with van der Waals surface area (Å²) in [5, 5.41) is 2.74. The van der Waals surface area contributed by atoms with E-state index in [1.165, 1.54) is 6.92 Å². The maximum atomic E-state index is 13.1. The zero-order valence-electron chi connectivity index (χ0n) is 9.50. The molecule has 3 nitrogen and oxygen atoms in total. The Balaban J connectivity index is 2.56. The number of alkyl halides is 4. The Kier molecular flexibility index (Phi) is 3.49. The highest BCUT2D eigenvalue weighted by Gasteiger charge is 2.35. The van der Waals surface area contributed by atoms with Crippen molar-refractivity contribution in [2.45, 2.75) is 18.5 Å². The molecule has 0 N–H and O–H groups in total. The lowest BCUT2D eigenvalue weighted by atomic mass is 10.1. The molecule has 0 radical (unpaired) electrons. The predicted octanol–water partition coefficient (Wildman–Crippen LogP) is 4.19. The first-order chi connectivity index (χ1) is 8.79. The van der Waals surface area contributed by atoms with Crippen LogP contribution in [0.4, 0.5) is 17.6 Å². The minimum atomic E-state index is -4.64. The van der Waals surface area contributed by atoms with Gasteiger partial charge in [0.05, 0.1) is 5.56 Å². The van der Waals surface area contributed by atoms with Gasteiger partial charge in [-0.1, -0.05) is 5.16 Å². The van der Waals surface area contributed by atoms with Crippen molar-refractivity contribution in [3.63, 3.8) is 0 Å². The first-order valence-electron chi connectivity index (χ1n) is 5.14. The molecule has 19 heavy (non-hydrogen) atoms. The predicted molar refractivity (Wildman–Crippen MR) is 59.0 cm³/mol. The molecule has 0 amide bonds. The summed E-state index contributed by atoms with van der Waals surface area (Å²) in [4.78, 5) is 3.72. The molecule has 0 aliphatic carbocycles. The van der Waals surface area contributed by atoms with E-state index in [1.54, 1.807) is 0 Å². The summed E-state index contributed by atoms with van der Waals surface area (Å²) in [6, 6.07) is 2.05. The van der Waals surface area contributed by atoms with Crippen LogP contribution in [0.2, 0.25) is 0 Å². The zero-order chi connectivity index (χ0) is 14.2. The van der Waals surface area contributed by atoms with Crippen LogP contribution in [0.15, 0.2) is 22.7 Å². The summed E-state index contributed by atoms with van der Waals surface area (Å²) < 4.78 is 56.2. The normalized spacial score (nSPS) is 13.6. The second kappa shape index (κ2) is 4.80. The van der Waals surface area contributed by atoms with Crippen molar-refractivity contribution in [1.29, 1.82) is 0 Å². The van der Waals surface area contributed by atoms with Gasteiger partial charge in [-0.15, -0.1) is 11.6 Å². The third-order valence-electron chi connectivity index (χ3n) is 2.31. The molecule has 8 heteroatoms. The quantitative estimate of drug-likeness (QED) is 0.615. The molecular weight excluding hydrogens is 288 g/mol. The average molecular weight is 295 g/mol. The van der Waals surface area contributed by atoms with Crippen LogP contribution >= 0.6 is 11.6 Å². The fraction of sp³-hybridized carbons (Fsp3) is 0.273. The second-order valence-corrected chi connectivity index (χ2v) is 4.41. The largest absolute Gasteiger partial charge is 0.417 e. The molecule has 2 aromatic rings. The Labute approximate surface area is 110 Å². The Morgan fingerprint density at radius 3 is 2.53 bits per heavy atom. The molecule has 1 atom stereocenters. The number of rotatable bonds is 2. The van der Waals surface area contributed by atoms with Gasteiger partial charge in [-0.2, -0.15) is 18.2 Å². The average Bonchev–Trinajstić information content (AvgIpc) is 2.76. The van der Waals surface area contributed by atoms with Crippen molar-refractivity contribution in [3.05, 3.63) is 35.5 Å². The van der Waals surface area contributed by atoms with E-state index < -0.39 is 28.5 Å². The van der Waals surface area contributed by atoms with Gasteiger partial charge in [-0.3, -0.25) is 0 Å². The van der Waals surface area contributed by atoms with Gasteiger partial charge >= 0.3 is 6.18 Å². The molecular formula is C11H7ClF4N2O. The summed E-state index contributed by atoms with van der Waals surface area (Å²) in [6.45, 7) is 1.52. The fourth-order valence-corrected chi connectivity index (χ4v) is 1.54. The van der Waals surface area contributed by atoms with E-state index in [-0.39, 0.29) is 11.7 Å². The van der Waals surface area contributed by atoms with Gasteiger partial charge in [0, 0.05) is 5.56 Å². The van der Waals surface area contributed by atoms with Gasteiger partial charge in [-0.05, 0) is 25.1 Å². The van der Waals surface area contributed by atoms with Crippen LogP contribution in [0.3, 0.4) is 0 Å². The van der Waals surface area contributed by atoms with Crippen molar-refractivity contribution >= 4 is 11.6 Å².